The van der Waals surface area contributed by atoms with E-state index in [1.807, 2.05) is 60.7 Å². The maximum Gasteiger partial charge on any atom is 0.331 e. The number of thiophene rings is 1. The number of esters is 1. The summed E-state index contributed by atoms with van der Waals surface area (Å²) in [6.45, 7) is 0.259. The van der Waals surface area contributed by atoms with Crippen LogP contribution >= 0.6 is 34.5 Å². The molecule has 0 atom stereocenters. The fraction of sp³-hybridized carbons (Fsp3) is 0.0769. The smallest absolute Gasteiger partial charge is 0.331 e. The van der Waals surface area contributed by atoms with Crippen molar-refractivity contribution in [1.29, 1.82) is 0 Å². The van der Waals surface area contributed by atoms with Crippen LogP contribution in [0, 0.1) is 0 Å². The molecule has 0 spiro atoms. The maximum absolute atomic E-state index is 12.5. The van der Waals surface area contributed by atoms with Gasteiger partial charge in [-0.05, 0) is 46.4 Å². The fourth-order valence-electron chi connectivity index (χ4n) is 3.27. The molecule has 0 bridgehead atoms. The third-order valence-electron chi connectivity index (χ3n) is 4.86. The van der Waals surface area contributed by atoms with Crippen molar-refractivity contribution in [2.24, 2.45) is 0 Å². The number of ether oxygens (including phenoxy) is 1. The van der Waals surface area contributed by atoms with Crippen molar-refractivity contribution < 1.29 is 14.3 Å². The number of hydrogen-bond donors (Lipinski definition) is 1. The van der Waals surface area contributed by atoms with Gasteiger partial charge in [0.1, 0.15) is 6.61 Å². The summed E-state index contributed by atoms with van der Waals surface area (Å²) < 4.78 is 6.38. The Hall–Kier alpha value is -3.12. The summed E-state index contributed by atoms with van der Waals surface area (Å²) in [5.74, 6) is -0.709. The zero-order valence-electron chi connectivity index (χ0n) is 17.4. The van der Waals surface area contributed by atoms with Crippen molar-refractivity contribution in [3.8, 4) is 0 Å². The molecule has 0 aliphatic heterocycles. The van der Waals surface area contributed by atoms with Gasteiger partial charge in [0, 0.05) is 10.8 Å². The number of hydrogen-bond acceptors (Lipinski definition) is 4. The third kappa shape index (κ3) is 5.82. The summed E-state index contributed by atoms with van der Waals surface area (Å²) in [4.78, 5) is 25.5. The van der Waals surface area contributed by atoms with E-state index in [2.05, 4.69) is 5.32 Å². The van der Waals surface area contributed by atoms with E-state index in [9.17, 15) is 9.59 Å². The highest BCUT2D eigenvalue weighted by Crippen LogP contribution is 2.30. The molecule has 0 saturated heterocycles. The lowest BCUT2D eigenvalue weighted by Gasteiger charge is -2.10. The van der Waals surface area contributed by atoms with Crippen LogP contribution in [0.4, 0.5) is 0 Å². The average molecular weight is 496 g/mol. The minimum absolute atomic E-state index is 0.0510. The standard InChI is InChI=1S/C26H19Cl2NO3S/c27-21-11-10-18(14-22(21)28)20(17-6-2-1-3-7-17)16-25(30)32-13-12-29-26(31)24-15-19-8-4-5-9-23(19)33-24/h1-11,14-16H,12-13H2,(H,29,31)/b20-16+. The van der Waals surface area contributed by atoms with Crippen LogP contribution in [-0.2, 0) is 9.53 Å². The van der Waals surface area contributed by atoms with Gasteiger partial charge < -0.3 is 10.1 Å². The van der Waals surface area contributed by atoms with Crippen LogP contribution in [0.15, 0.2) is 84.9 Å². The molecule has 4 nitrogen and oxygen atoms in total. The molecule has 0 fully saturated rings. The molecular formula is C26H19Cl2NO3S. The number of benzene rings is 3. The van der Waals surface area contributed by atoms with Gasteiger partial charge in [-0.1, -0.05) is 77.8 Å². The highest BCUT2D eigenvalue weighted by Gasteiger charge is 2.12. The Morgan fingerprint density at radius 3 is 2.39 bits per heavy atom. The van der Waals surface area contributed by atoms with Gasteiger partial charge in [-0.15, -0.1) is 11.3 Å². The Balaban J connectivity index is 1.39. The first kappa shape index (κ1) is 23.1. The first-order chi connectivity index (χ1) is 16.0. The minimum atomic E-state index is -0.518. The van der Waals surface area contributed by atoms with Crippen LogP contribution in [0.25, 0.3) is 15.7 Å². The predicted molar refractivity (Wildman–Crippen MR) is 135 cm³/mol. The molecule has 1 amide bonds. The average Bonchev–Trinajstić information content (AvgIpc) is 3.27. The normalized spacial score (nSPS) is 11.4. The topological polar surface area (TPSA) is 55.4 Å². The Kier molecular flexibility index (Phi) is 7.45. The molecule has 1 N–H and O–H groups in total. The zero-order chi connectivity index (χ0) is 23.2. The van der Waals surface area contributed by atoms with Gasteiger partial charge in [-0.2, -0.15) is 0 Å². The molecular weight excluding hydrogens is 477 g/mol. The summed E-state index contributed by atoms with van der Waals surface area (Å²) >= 11 is 13.6. The Labute approximate surface area is 205 Å². The van der Waals surface area contributed by atoms with Gasteiger partial charge in [0.2, 0.25) is 0 Å². The van der Waals surface area contributed by atoms with Crippen molar-refractivity contribution in [1.82, 2.24) is 5.32 Å². The van der Waals surface area contributed by atoms with Crippen LogP contribution in [0.5, 0.6) is 0 Å². The van der Waals surface area contributed by atoms with E-state index in [-0.39, 0.29) is 19.1 Å². The van der Waals surface area contributed by atoms with Crippen molar-refractivity contribution in [2.75, 3.05) is 13.2 Å². The molecule has 1 aromatic heterocycles. The third-order valence-corrected chi connectivity index (χ3v) is 6.71. The lowest BCUT2D eigenvalue weighted by Crippen LogP contribution is -2.27. The van der Waals surface area contributed by atoms with E-state index >= 15 is 0 Å². The number of amides is 1. The van der Waals surface area contributed by atoms with Gasteiger partial charge in [-0.3, -0.25) is 4.79 Å². The molecule has 33 heavy (non-hydrogen) atoms. The monoisotopic (exact) mass is 495 g/mol. The van der Waals surface area contributed by atoms with E-state index in [4.69, 9.17) is 27.9 Å². The second-order valence-electron chi connectivity index (χ2n) is 7.12. The van der Waals surface area contributed by atoms with E-state index in [1.165, 1.54) is 17.4 Å². The molecule has 7 heteroatoms. The zero-order valence-corrected chi connectivity index (χ0v) is 19.7. The number of fused-ring (bicyclic) bond motifs is 1. The summed E-state index contributed by atoms with van der Waals surface area (Å²) in [5.41, 5.74) is 2.24. The highest BCUT2D eigenvalue weighted by molar-refractivity contribution is 7.20. The number of halogens is 2. The molecule has 0 unspecified atom stereocenters. The van der Waals surface area contributed by atoms with Crippen LogP contribution < -0.4 is 5.32 Å². The molecule has 166 valence electrons. The number of carbonyl (C=O) groups excluding carboxylic acids is 2. The van der Waals surface area contributed by atoms with E-state index in [0.29, 0.717) is 20.5 Å². The van der Waals surface area contributed by atoms with Crippen molar-refractivity contribution >= 4 is 62.1 Å². The number of nitrogens with one attached hydrogen (secondary N) is 1. The molecule has 0 radical (unpaired) electrons. The molecule has 0 aliphatic rings. The van der Waals surface area contributed by atoms with Gasteiger partial charge in [0.15, 0.2) is 0 Å². The van der Waals surface area contributed by atoms with E-state index in [0.717, 1.165) is 21.2 Å². The van der Waals surface area contributed by atoms with Gasteiger partial charge in [0.25, 0.3) is 5.91 Å². The quantitative estimate of drug-likeness (QED) is 0.178. The summed E-state index contributed by atoms with van der Waals surface area (Å²) in [6, 6.07) is 24.3. The number of carbonyl (C=O) groups is 2. The Morgan fingerprint density at radius 2 is 1.64 bits per heavy atom. The summed E-state index contributed by atoms with van der Waals surface area (Å²) in [6.07, 6.45) is 1.42. The fourth-order valence-corrected chi connectivity index (χ4v) is 4.55. The lowest BCUT2D eigenvalue weighted by atomic mass is 9.97. The molecule has 0 saturated carbocycles. The van der Waals surface area contributed by atoms with Crippen LogP contribution in [-0.4, -0.2) is 25.0 Å². The molecule has 3 aromatic carbocycles. The lowest BCUT2D eigenvalue weighted by molar-refractivity contribution is -0.137. The first-order valence-electron chi connectivity index (χ1n) is 10.2. The van der Waals surface area contributed by atoms with Crippen LogP contribution in [0.1, 0.15) is 20.8 Å². The molecule has 1 heterocycles. The summed E-state index contributed by atoms with van der Waals surface area (Å²) in [7, 11) is 0. The van der Waals surface area contributed by atoms with E-state index in [1.54, 1.807) is 18.2 Å². The predicted octanol–water partition coefficient (Wildman–Crippen LogP) is 6.61. The molecule has 4 rings (SSSR count). The largest absolute Gasteiger partial charge is 0.461 e. The maximum atomic E-state index is 12.5. The molecule has 0 aliphatic carbocycles. The second kappa shape index (κ2) is 10.7. The van der Waals surface area contributed by atoms with E-state index < -0.39 is 5.97 Å². The van der Waals surface area contributed by atoms with Gasteiger partial charge in [0.05, 0.1) is 21.5 Å². The van der Waals surface area contributed by atoms with Crippen LogP contribution in [0.3, 0.4) is 0 Å². The SMILES string of the molecule is O=C(/C=C(\c1ccccc1)c1ccc(Cl)c(Cl)c1)OCCNC(=O)c1cc2ccccc2s1. The number of rotatable bonds is 7. The second-order valence-corrected chi connectivity index (χ2v) is 9.02. The van der Waals surface area contributed by atoms with Crippen molar-refractivity contribution in [3.05, 3.63) is 111 Å². The van der Waals surface area contributed by atoms with Crippen LogP contribution in [0.2, 0.25) is 10.0 Å². The highest BCUT2D eigenvalue weighted by atomic mass is 35.5. The molecule has 4 aromatic rings. The van der Waals surface area contributed by atoms with Gasteiger partial charge >= 0.3 is 5.97 Å². The van der Waals surface area contributed by atoms with Crippen molar-refractivity contribution in [2.45, 2.75) is 0 Å². The Morgan fingerprint density at radius 1 is 0.879 bits per heavy atom. The minimum Gasteiger partial charge on any atom is -0.461 e. The van der Waals surface area contributed by atoms with Crippen molar-refractivity contribution in [3.63, 3.8) is 0 Å². The first-order valence-corrected chi connectivity index (χ1v) is 11.7. The van der Waals surface area contributed by atoms with Gasteiger partial charge in [-0.25, -0.2) is 4.79 Å². The summed E-state index contributed by atoms with van der Waals surface area (Å²) in [5, 5.41) is 4.65. The Bertz CT molecular complexity index is 1300.